The lowest BCUT2D eigenvalue weighted by atomic mass is 10.1. The van der Waals surface area contributed by atoms with Gasteiger partial charge in [0.1, 0.15) is 5.82 Å². The minimum atomic E-state index is -0.746. The molecule has 0 radical (unpaired) electrons. The van der Waals surface area contributed by atoms with Crippen LogP contribution in [-0.2, 0) is 13.0 Å². The summed E-state index contributed by atoms with van der Waals surface area (Å²) in [5, 5.41) is 2.94. The van der Waals surface area contributed by atoms with Crippen molar-refractivity contribution < 1.29 is 8.78 Å². The standard InChI is InChI=1S/C15H16F2N2/c1-2-10-3-5-11(6-4-10)9-19-14-8-12(16)7-13(17)15(14)18/h3-8,19H,2,9,18H2,1H3. The Kier molecular flexibility index (Phi) is 4.00. The van der Waals surface area contributed by atoms with Crippen molar-refractivity contribution in [3.05, 3.63) is 59.2 Å². The van der Waals surface area contributed by atoms with Crippen molar-refractivity contribution in [1.29, 1.82) is 0 Å². The second-order valence-electron chi connectivity index (χ2n) is 4.37. The van der Waals surface area contributed by atoms with E-state index in [0.717, 1.165) is 18.1 Å². The van der Waals surface area contributed by atoms with Crippen LogP contribution < -0.4 is 11.1 Å². The summed E-state index contributed by atoms with van der Waals surface area (Å²) in [7, 11) is 0. The van der Waals surface area contributed by atoms with Gasteiger partial charge in [-0.15, -0.1) is 0 Å². The molecular formula is C15H16F2N2. The quantitative estimate of drug-likeness (QED) is 0.824. The summed E-state index contributed by atoms with van der Waals surface area (Å²) < 4.78 is 26.4. The molecule has 0 aliphatic rings. The third-order valence-corrected chi connectivity index (χ3v) is 3.01. The smallest absolute Gasteiger partial charge is 0.151 e. The highest BCUT2D eigenvalue weighted by molar-refractivity contribution is 5.66. The monoisotopic (exact) mass is 262 g/mol. The highest BCUT2D eigenvalue weighted by Crippen LogP contribution is 2.23. The van der Waals surface area contributed by atoms with Gasteiger partial charge in [-0.1, -0.05) is 31.2 Å². The van der Waals surface area contributed by atoms with Gasteiger partial charge < -0.3 is 11.1 Å². The van der Waals surface area contributed by atoms with Crippen LogP contribution in [0.1, 0.15) is 18.1 Å². The van der Waals surface area contributed by atoms with E-state index in [2.05, 4.69) is 12.2 Å². The van der Waals surface area contributed by atoms with E-state index in [1.54, 1.807) is 0 Å². The molecule has 4 heteroatoms. The summed E-state index contributed by atoms with van der Waals surface area (Å²) in [6.07, 6.45) is 0.982. The summed E-state index contributed by atoms with van der Waals surface area (Å²) >= 11 is 0. The summed E-state index contributed by atoms with van der Waals surface area (Å²) in [5.74, 6) is -1.39. The van der Waals surface area contributed by atoms with Crippen molar-refractivity contribution in [3.8, 4) is 0 Å². The first-order valence-corrected chi connectivity index (χ1v) is 6.16. The lowest BCUT2D eigenvalue weighted by Crippen LogP contribution is -2.04. The molecule has 2 rings (SSSR count). The Labute approximate surface area is 111 Å². The average molecular weight is 262 g/mol. The minimum absolute atomic E-state index is 0.0634. The van der Waals surface area contributed by atoms with Crippen molar-refractivity contribution in [3.63, 3.8) is 0 Å². The number of nitrogen functional groups attached to an aromatic ring is 1. The zero-order valence-electron chi connectivity index (χ0n) is 10.7. The molecule has 0 saturated heterocycles. The van der Waals surface area contributed by atoms with Crippen LogP contribution in [0.3, 0.4) is 0 Å². The number of benzene rings is 2. The molecule has 0 aliphatic carbocycles. The first-order valence-electron chi connectivity index (χ1n) is 6.16. The van der Waals surface area contributed by atoms with Crippen LogP contribution in [-0.4, -0.2) is 0 Å². The summed E-state index contributed by atoms with van der Waals surface area (Å²) in [4.78, 5) is 0. The Balaban J connectivity index is 2.09. The largest absolute Gasteiger partial charge is 0.395 e. The van der Waals surface area contributed by atoms with Crippen LogP contribution in [0.2, 0.25) is 0 Å². The first kappa shape index (κ1) is 13.3. The van der Waals surface area contributed by atoms with Gasteiger partial charge in [0.15, 0.2) is 5.82 Å². The van der Waals surface area contributed by atoms with Gasteiger partial charge in [0, 0.05) is 12.6 Å². The molecule has 0 fully saturated rings. The van der Waals surface area contributed by atoms with Crippen molar-refractivity contribution in [1.82, 2.24) is 0 Å². The number of hydrogen-bond donors (Lipinski definition) is 2. The molecule has 0 aliphatic heterocycles. The van der Waals surface area contributed by atoms with E-state index in [0.29, 0.717) is 6.54 Å². The molecule has 2 aromatic carbocycles. The van der Waals surface area contributed by atoms with E-state index in [-0.39, 0.29) is 11.4 Å². The van der Waals surface area contributed by atoms with Gasteiger partial charge in [-0.05, 0) is 23.6 Å². The molecule has 0 aromatic heterocycles. The van der Waals surface area contributed by atoms with E-state index < -0.39 is 11.6 Å². The van der Waals surface area contributed by atoms with Crippen LogP contribution in [0.25, 0.3) is 0 Å². The summed E-state index contributed by atoms with van der Waals surface area (Å²) in [5.41, 5.74) is 8.05. The molecule has 0 bridgehead atoms. The van der Waals surface area contributed by atoms with Gasteiger partial charge in [-0.3, -0.25) is 0 Å². The SMILES string of the molecule is CCc1ccc(CNc2cc(F)cc(F)c2N)cc1. The Bertz CT molecular complexity index is 565. The van der Waals surface area contributed by atoms with Crippen LogP contribution >= 0.6 is 0 Å². The number of nitrogens with two attached hydrogens (primary N) is 1. The molecule has 100 valence electrons. The highest BCUT2D eigenvalue weighted by Gasteiger charge is 2.07. The van der Waals surface area contributed by atoms with Gasteiger partial charge >= 0.3 is 0 Å². The summed E-state index contributed by atoms with van der Waals surface area (Å²) in [6, 6.07) is 10.0. The predicted molar refractivity (Wildman–Crippen MR) is 73.9 cm³/mol. The maximum Gasteiger partial charge on any atom is 0.151 e. The maximum atomic E-state index is 13.3. The number of anilines is 2. The molecule has 0 saturated carbocycles. The third-order valence-electron chi connectivity index (χ3n) is 3.01. The molecule has 2 aromatic rings. The van der Waals surface area contributed by atoms with Crippen LogP contribution in [0.4, 0.5) is 20.2 Å². The van der Waals surface area contributed by atoms with Gasteiger partial charge in [-0.25, -0.2) is 8.78 Å². The fourth-order valence-electron chi connectivity index (χ4n) is 1.82. The Morgan fingerprint density at radius 1 is 1.05 bits per heavy atom. The van der Waals surface area contributed by atoms with E-state index in [9.17, 15) is 8.78 Å². The van der Waals surface area contributed by atoms with E-state index >= 15 is 0 Å². The molecule has 0 heterocycles. The van der Waals surface area contributed by atoms with Crippen molar-refractivity contribution in [2.24, 2.45) is 0 Å². The number of halogens is 2. The van der Waals surface area contributed by atoms with Crippen molar-refractivity contribution >= 4 is 11.4 Å². The highest BCUT2D eigenvalue weighted by atomic mass is 19.1. The second-order valence-corrected chi connectivity index (χ2v) is 4.37. The number of nitrogens with one attached hydrogen (secondary N) is 1. The molecule has 0 amide bonds. The van der Waals surface area contributed by atoms with E-state index in [4.69, 9.17) is 5.73 Å². The van der Waals surface area contributed by atoms with Crippen LogP contribution in [0.5, 0.6) is 0 Å². The lowest BCUT2D eigenvalue weighted by molar-refractivity contribution is 0.587. The zero-order chi connectivity index (χ0) is 13.8. The third kappa shape index (κ3) is 3.22. The normalized spacial score (nSPS) is 10.5. The maximum absolute atomic E-state index is 13.3. The molecular weight excluding hydrogens is 246 g/mol. The zero-order valence-corrected chi connectivity index (χ0v) is 10.7. The van der Waals surface area contributed by atoms with Crippen LogP contribution in [0.15, 0.2) is 36.4 Å². The van der Waals surface area contributed by atoms with Crippen molar-refractivity contribution in [2.45, 2.75) is 19.9 Å². The predicted octanol–water partition coefficient (Wildman–Crippen LogP) is 3.72. The Hall–Kier alpha value is -2.10. The van der Waals surface area contributed by atoms with Crippen LogP contribution in [0, 0.1) is 11.6 Å². The van der Waals surface area contributed by atoms with E-state index in [1.165, 1.54) is 11.6 Å². The lowest BCUT2D eigenvalue weighted by Gasteiger charge is -2.10. The molecule has 3 N–H and O–H groups in total. The molecule has 0 unspecified atom stereocenters. The Morgan fingerprint density at radius 2 is 1.68 bits per heavy atom. The molecule has 0 spiro atoms. The number of rotatable bonds is 4. The minimum Gasteiger partial charge on any atom is -0.395 e. The molecule has 0 atom stereocenters. The molecule has 2 nitrogen and oxygen atoms in total. The fraction of sp³-hybridized carbons (Fsp3) is 0.200. The fourth-order valence-corrected chi connectivity index (χ4v) is 1.82. The number of hydrogen-bond acceptors (Lipinski definition) is 2. The topological polar surface area (TPSA) is 38.0 Å². The molecule has 19 heavy (non-hydrogen) atoms. The Morgan fingerprint density at radius 3 is 2.32 bits per heavy atom. The van der Waals surface area contributed by atoms with Gasteiger partial charge in [0.2, 0.25) is 0 Å². The van der Waals surface area contributed by atoms with Gasteiger partial charge in [0.25, 0.3) is 0 Å². The van der Waals surface area contributed by atoms with Gasteiger partial charge in [-0.2, -0.15) is 0 Å². The van der Waals surface area contributed by atoms with Gasteiger partial charge in [0.05, 0.1) is 11.4 Å². The average Bonchev–Trinajstić information content (AvgIpc) is 2.41. The summed E-state index contributed by atoms with van der Waals surface area (Å²) in [6.45, 7) is 2.56. The second kappa shape index (κ2) is 5.69. The van der Waals surface area contributed by atoms with E-state index in [1.807, 2.05) is 24.3 Å². The first-order chi connectivity index (χ1) is 9.10. The number of aryl methyl sites for hydroxylation is 1. The van der Waals surface area contributed by atoms with Crippen molar-refractivity contribution in [2.75, 3.05) is 11.1 Å².